The van der Waals surface area contributed by atoms with Crippen LogP contribution < -0.4 is 5.32 Å². The summed E-state index contributed by atoms with van der Waals surface area (Å²) in [4.78, 5) is 19.0. The molecule has 0 saturated carbocycles. The number of allylic oxidation sites excluding steroid dienone is 3. The van der Waals surface area contributed by atoms with Gasteiger partial charge in [0.15, 0.2) is 0 Å². The molecule has 1 N–H and O–H groups in total. The maximum Gasteiger partial charge on any atom is 0.251 e. The fourth-order valence-electron chi connectivity index (χ4n) is 4.35. The van der Waals surface area contributed by atoms with Gasteiger partial charge in [0.05, 0.1) is 11.4 Å². The number of benzene rings is 3. The third-order valence-electron chi connectivity index (χ3n) is 6.18. The average molecular weight is 503 g/mol. The first kappa shape index (κ1) is 23.6. The van der Waals surface area contributed by atoms with Gasteiger partial charge >= 0.3 is 0 Å². The number of aliphatic imine (C=N–C) groups is 1. The van der Waals surface area contributed by atoms with Crippen LogP contribution in [0.1, 0.15) is 27.9 Å². The van der Waals surface area contributed by atoms with Crippen LogP contribution in [0.3, 0.4) is 0 Å². The zero-order valence-corrected chi connectivity index (χ0v) is 20.6. The molecule has 1 heterocycles. The molecular weight excluding hydrogens is 479 g/mol. The van der Waals surface area contributed by atoms with Crippen molar-refractivity contribution < 1.29 is 9.18 Å². The molecule has 0 spiro atoms. The molecule has 2 aliphatic rings. The Bertz CT molecular complexity index is 1350. The lowest BCUT2D eigenvalue weighted by Crippen LogP contribution is -2.25. The topological polar surface area (TPSA) is 41.5 Å². The summed E-state index contributed by atoms with van der Waals surface area (Å²) < 4.78 is 13.6. The van der Waals surface area contributed by atoms with Crippen molar-refractivity contribution in [3.63, 3.8) is 0 Å². The number of carbonyl (C=O) groups is 1. The van der Waals surface area contributed by atoms with Crippen LogP contribution in [-0.4, -0.2) is 23.9 Å². The van der Waals surface area contributed by atoms with Crippen LogP contribution in [0.5, 0.6) is 0 Å². The van der Waals surface area contributed by atoms with Gasteiger partial charge in [-0.05, 0) is 66.4 Å². The van der Waals surface area contributed by atoms with Gasteiger partial charge in [-0.3, -0.25) is 9.79 Å². The monoisotopic (exact) mass is 502 g/mol. The van der Waals surface area contributed by atoms with Gasteiger partial charge in [-0.15, -0.1) is 11.8 Å². The number of hydrogen-bond acceptors (Lipinski definition) is 3. The van der Waals surface area contributed by atoms with Crippen molar-refractivity contribution in [2.75, 3.05) is 12.3 Å². The third-order valence-corrected chi connectivity index (χ3v) is 7.55. The fraction of sp³-hybridized carbons (Fsp3) is 0.172. The summed E-state index contributed by atoms with van der Waals surface area (Å²) >= 11 is 7.79. The lowest BCUT2D eigenvalue weighted by Gasteiger charge is -2.26. The van der Waals surface area contributed by atoms with Gasteiger partial charge in [0.2, 0.25) is 0 Å². The molecule has 0 radical (unpaired) electrons. The van der Waals surface area contributed by atoms with E-state index in [1.807, 2.05) is 42.5 Å². The highest BCUT2D eigenvalue weighted by molar-refractivity contribution is 7.99. The number of nitrogens with one attached hydrogen (secondary N) is 1. The molecule has 35 heavy (non-hydrogen) atoms. The van der Waals surface area contributed by atoms with Gasteiger partial charge in [0.1, 0.15) is 5.82 Å². The lowest BCUT2D eigenvalue weighted by atomic mass is 9.85. The Morgan fingerprint density at radius 1 is 1.11 bits per heavy atom. The standard InChI is InChI=1S/C29H24ClFN2OS/c30-23-6-3-4-19(16-23)14-15-32-29(34)21-10-13-27-26(17-21)33-28(20-8-11-24(31)12-9-20)25-7-2-1-5-22(25)18-35-27/h1-6,8-13,16-17,25H,7,14-15,18H2,(H,32,34). The molecule has 176 valence electrons. The molecule has 1 aliphatic heterocycles. The zero-order chi connectivity index (χ0) is 24.2. The van der Waals surface area contributed by atoms with Gasteiger partial charge < -0.3 is 5.32 Å². The smallest absolute Gasteiger partial charge is 0.251 e. The Balaban J connectivity index is 1.42. The predicted molar refractivity (Wildman–Crippen MR) is 143 cm³/mol. The van der Waals surface area contributed by atoms with Crippen LogP contribution in [0.25, 0.3) is 0 Å². The van der Waals surface area contributed by atoms with Crippen LogP contribution in [0.2, 0.25) is 5.02 Å². The van der Waals surface area contributed by atoms with E-state index >= 15 is 0 Å². The minimum absolute atomic E-state index is 0.126. The van der Waals surface area contributed by atoms with E-state index in [-0.39, 0.29) is 17.6 Å². The number of halogens is 2. The fourth-order valence-corrected chi connectivity index (χ4v) is 5.60. The second-order valence-corrected chi connectivity index (χ2v) is 10.0. The number of amides is 1. The van der Waals surface area contributed by atoms with Crippen molar-refractivity contribution in [2.24, 2.45) is 10.9 Å². The number of rotatable bonds is 5. The Labute approximate surface area is 213 Å². The minimum Gasteiger partial charge on any atom is -0.352 e. The quantitative estimate of drug-likeness (QED) is 0.401. The maximum atomic E-state index is 13.6. The Morgan fingerprint density at radius 2 is 1.97 bits per heavy atom. The lowest BCUT2D eigenvalue weighted by molar-refractivity contribution is 0.0954. The second kappa shape index (κ2) is 10.6. The van der Waals surface area contributed by atoms with Gasteiger partial charge in [0.25, 0.3) is 5.91 Å². The largest absolute Gasteiger partial charge is 0.352 e. The van der Waals surface area contributed by atoms with Crippen LogP contribution in [0.15, 0.2) is 100 Å². The summed E-state index contributed by atoms with van der Waals surface area (Å²) in [5, 5.41) is 3.69. The summed E-state index contributed by atoms with van der Waals surface area (Å²) in [5.41, 5.74) is 5.51. The van der Waals surface area contributed by atoms with E-state index in [0.29, 0.717) is 23.6 Å². The van der Waals surface area contributed by atoms with Crippen molar-refractivity contribution >= 4 is 40.7 Å². The van der Waals surface area contributed by atoms with Crippen LogP contribution in [0.4, 0.5) is 10.1 Å². The van der Waals surface area contributed by atoms with Crippen LogP contribution in [-0.2, 0) is 6.42 Å². The molecular formula is C29H24ClFN2OS. The number of carbonyl (C=O) groups excluding carboxylic acids is 1. The minimum atomic E-state index is -0.271. The van der Waals surface area contributed by atoms with Crippen molar-refractivity contribution in [1.82, 2.24) is 5.32 Å². The molecule has 1 amide bonds. The van der Waals surface area contributed by atoms with Crippen LogP contribution in [0, 0.1) is 11.7 Å². The third kappa shape index (κ3) is 5.58. The van der Waals surface area contributed by atoms with E-state index in [1.54, 1.807) is 23.9 Å². The molecule has 1 atom stereocenters. The average Bonchev–Trinajstić information content (AvgIpc) is 2.86. The molecule has 0 saturated heterocycles. The highest BCUT2D eigenvalue weighted by Crippen LogP contribution is 2.39. The zero-order valence-electron chi connectivity index (χ0n) is 19.0. The summed E-state index contributed by atoms with van der Waals surface area (Å²) in [7, 11) is 0. The van der Waals surface area contributed by atoms with Gasteiger partial charge in [-0.2, -0.15) is 0 Å². The van der Waals surface area contributed by atoms with E-state index in [1.165, 1.54) is 17.7 Å². The number of hydrogen-bond donors (Lipinski definition) is 1. The van der Waals surface area contributed by atoms with Crippen molar-refractivity contribution in [3.05, 3.63) is 118 Å². The first-order valence-corrected chi connectivity index (χ1v) is 12.9. The summed E-state index contributed by atoms with van der Waals surface area (Å²) in [6.45, 7) is 0.512. The molecule has 0 aromatic heterocycles. The van der Waals surface area contributed by atoms with Gasteiger partial charge in [-0.25, -0.2) is 4.39 Å². The first-order valence-electron chi connectivity index (χ1n) is 11.6. The SMILES string of the molecule is O=C(NCCc1cccc(Cl)c1)c1ccc2c(c1)N=C(c1ccc(F)cc1)C1CC=CC=C1CS2. The van der Waals surface area contributed by atoms with E-state index < -0.39 is 0 Å². The highest BCUT2D eigenvalue weighted by atomic mass is 35.5. The number of nitrogens with zero attached hydrogens (tertiary/aromatic N) is 1. The second-order valence-electron chi connectivity index (χ2n) is 8.57. The first-order chi connectivity index (χ1) is 17.1. The van der Waals surface area contributed by atoms with Gasteiger partial charge in [0, 0.05) is 33.7 Å². The molecule has 3 nitrogen and oxygen atoms in total. The van der Waals surface area contributed by atoms with Crippen LogP contribution >= 0.6 is 23.4 Å². The molecule has 0 fully saturated rings. The molecule has 5 rings (SSSR count). The molecule has 1 unspecified atom stereocenters. The number of thioether (sulfide) groups is 1. The van der Waals surface area contributed by atoms with E-state index in [0.717, 1.165) is 39.6 Å². The van der Waals surface area contributed by atoms with Gasteiger partial charge in [-0.1, -0.05) is 59.7 Å². The molecule has 1 aliphatic carbocycles. The van der Waals surface area contributed by atoms with Crippen molar-refractivity contribution in [3.8, 4) is 0 Å². The molecule has 3 aromatic rings. The Morgan fingerprint density at radius 3 is 2.80 bits per heavy atom. The van der Waals surface area contributed by atoms with E-state index in [2.05, 4.69) is 23.5 Å². The highest BCUT2D eigenvalue weighted by Gasteiger charge is 2.26. The number of fused-ring (bicyclic) bond motifs is 2. The predicted octanol–water partition coefficient (Wildman–Crippen LogP) is 7.18. The molecule has 0 bridgehead atoms. The molecule has 3 aromatic carbocycles. The van der Waals surface area contributed by atoms with Crippen molar-refractivity contribution in [2.45, 2.75) is 17.7 Å². The Hall–Kier alpha value is -3.15. The normalized spacial score (nSPS) is 16.8. The summed E-state index contributed by atoms with van der Waals surface area (Å²) in [6.07, 6.45) is 7.94. The van der Waals surface area contributed by atoms with Crippen molar-refractivity contribution in [1.29, 1.82) is 0 Å². The van der Waals surface area contributed by atoms with E-state index in [4.69, 9.17) is 16.6 Å². The summed E-state index contributed by atoms with van der Waals surface area (Å²) in [6, 6.07) is 19.8. The maximum absolute atomic E-state index is 13.6. The molecule has 6 heteroatoms. The Kier molecular flexibility index (Phi) is 7.16. The summed E-state index contributed by atoms with van der Waals surface area (Å²) in [5.74, 6) is 0.558. The van der Waals surface area contributed by atoms with E-state index in [9.17, 15) is 9.18 Å².